The molecule has 1 aliphatic rings. The highest BCUT2D eigenvalue weighted by Gasteiger charge is 2.26. The molecule has 17 heavy (non-hydrogen) atoms. The molecule has 1 N–H and O–H groups in total. The Labute approximate surface area is 101 Å². The number of allylic oxidation sites excluding steroid dienone is 1. The second-order valence-corrected chi connectivity index (χ2v) is 5.17. The number of benzene rings is 1. The predicted molar refractivity (Wildman–Crippen MR) is 66.6 cm³/mol. The molecule has 88 valence electrons. The van der Waals surface area contributed by atoms with Crippen LogP contribution in [0.15, 0.2) is 30.3 Å². The molecule has 0 heterocycles. The van der Waals surface area contributed by atoms with Crippen LogP contribution in [0.1, 0.15) is 36.7 Å². The summed E-state index contributed by atoms with van der Waals surface area (Å²) in [6.07, 6.45) is 1.38. The van der Waals surface area contributed by atoms with Crippen LogP contribution in [0.5, 0.6) is 0 Å². The Kier molecular flexibility index (Phi) is 2.62. The molecular weight excluding hydrogens is 214 g/mol. The van der Waals surface area contributed by atoms with Crippen molar-refractivity contribution in [2.24, 2.45) is 0 Å². The summed E-state index contributed by atoms with van der Waals surface area (Å²) in [5, 5.41) is 3.25. The van der Waals surface area contributed by atoms with Gasteiger partial charge in [0, 0.05) is 28.4 Å². The summed E-state index contributed by atoms with van der Waals surface area (Å²) in [6, 6.07) is 7.17. The standard InChI is InChI=1S/C14H15NO2/c1-14(2,3)15-11-8-12(16)13(17)10-7-5-4-6-9(10)11/h4-8,15H,1-3H3. The Morgan fingerprint density at radius 3 is 2.18 bits per heavy atom. The van der Waals surface area contributed by atoms with E-state index in [2.05, 4.69) is 5.32 Å². The summed E-state index contributed by atoms with van der Waals surface area (Å²) in [6.45, 7) is 6.03. The van der Waals surface area contributed by atoms with Crippen molar-refractivity contribution in [3.63, 3.8) is 0 Å². The maximum Gasteiger partial charge on any atom is 0.233 e. The van der Waals surface area contributed by atoms with Crippen LogP contribution in [-0.4, -0.2) is 17.1 Å². The van der Waals surface area contributed by atoms with Crippen LogP contribution >= 0.6 is 0 Å². The zero-order chi connectivity index (χ0) is 12.6. The SMILES string of the molecule is CC(C)(C)NC1=CC(=O)C(=O)c2ccccc21. The number of hydrogen-bond acceptors (Lipinski definition) is 3. The van der Waals surface area contributed by atoms with Crippen molar-refractivity contribution < 1.29 is 9.59 Å². The van der Waals surface area contributed by atoms with Gasteiger partial charge < -0.3 is 5.32 Å². The minimum absolute atomic E-state index is 0.153. The van der Waals surface area contributed by atoms with Gasteiger partial charge in [-0.15, -0.1) is 0 Å². The molecule has 0 bridgehead atoms. The summed E-state index contributed by atoms with van der Waals surface area (Å²) < 4.78 is 0. The second-order valence-electron chi connectivity index (χ2n) is 5.17. The quantitative estimate of drug-likeness (QED) is 0.751. The molecule has 0 fully saturated rings. The van der Waals surface area contributed by atoms with E-state index in [0.29, 0.717) is 5.56 Å². The number of fused-ring (bicyclic) bond motifs is 1. The van der Waals surface area contributed by atoms with Crippen molar-refractivity contribution in [1.29, 1.82) is 0 Å². The van der Waals surface area contributed by atoms with Crippen molar-refractivity contribution in [2.75, 3.05) is 0 Å². The molecule has 0 radical (unpaired) electrons. The van der Waals surface area contributed by atoms with Crippen molar-refractivity contribution >= 4 is 17.3 Å². The summed E-state index contributed by atoms with van der Waals surface area (Å²) in [7, 11) is 0. The fourth-order valence-electron chi connectivity index (χ4n) is 1.83. The molecule has 0 saturated carbocycles. The van der Waals surface area contributed by atoms with Gasteiger partial charge in [0.25, 0.3) is 0 Å². The number of rotatable bonds is 1. The highest BCUT2D eigenvalue weighted by molar-refractivity contribution is 6.50. The average molecular weight is 229 g/mol. The molecule has 2 rings (SSSR count). The summed E-state index contributed by atoms with van der Waals surface area (Å²) in [4.78, 5) is 23.3. The third-order valence-electron chi connectivity index (χ3n) is 2.47. The fraction of sp³-hybridized carbons (Fsp3) is 0.286. The summed E-state index contributed by atoms with van der Waals surface area (Å²) in [5.74, 6) is -0.893. The van der Waals surface area contributed by atoms with Crippen molar-refractivity contribution in [3.05, 3.63) is 41.5 Å². The smallest absolute Gasteiger partial charge is 0.233 e. The predicted octanol–water partition coefficient (Wildman–Crippen LogP) is 2.18. The van der Waals surface area contributed by atoms with Gasteiger partial charge in [-0.05, 0) is 20.8 Å². The van der Waals surface area contributed by atoms with Gasteiger partial charge in [-0.3, -0.25) is 9.59 Å². The van der Waals surface area contributed by atoms with E-state index in [-0.39, 0.29) is 5.54 Å². The molecule has 0 amide bonds. The van der Waals surface area contributed by atoms with E-state index in [1.165, 1.54) is 6.08 Å². The number of ketones is 2. The van der Waals surface area contributed by atoms with Gasteiger partial charge >= 0.3 is 0 Å². The Bertz CT molecular complexity index is 521. The Balaban J connectivity index is 2.50. The first kappa shape index (κ1) is 11.6. The van der Waals surface area contributed by atoms with Gasteiger partial charge in [0.15, 0.2) is 0 Å². The van der Waals surface area contributed by atoms with Crippen LogP contribution in [-0.2, 0) is 4.79 Å². The lowest BCUT2D eigenvalue weighted by molar-refractivity contribution is -0.111. The third kappa shape index (κ3) is 2.28. The highest BCUT2D eigenvalue weighted by Crippen LogP contribution is 2.24. The van der Waals surface area contributed by atoms with Crippen LogP contribution in [0, 0.1) is 0 Å². The first-order valence-electron chi connectivity index (χ1n) is 5.56. The van der Waals surface area contributed by atoms with E-state index >= 15 is 0 Å². The van der Waals surface area contributed by atoms with E-state index in [0.717, 1.165) is 11.3 Å². The average Bonchev–Trinajstić information content (AvgIpc) is 2.24. The van der Waals surface area contributed by atoms with Gasteiger partial charge in [-0.1, -0.05) is 24.3 Å². The molecule has 0 spiro atoms. The molecule has 0 saturated heterocycles. The number of carbonyl (C=O) groups is 2. The third-order valence-corrected chi connectivity index (χ3v) is 2.47. The van der Waals surface area contributed by atoms with Gasteiger partial charge in [0.2, 0.25) is 11.6 Å². The van der Waals surface area contributed by atoms with E-state index in [9.17, 15) is 9.59 Å². The second kappa shape index (κ2) is 3.84. The van der Waals surface area contributed by atoms with E-state index in [1.54, 1.807) is 12.1 Å². The normalized spacial score (nSPS) is 15.4. The summed E-state index contributed by atoms with van der Waals surface area (Å²) in [5.41, 5.74) is 1.84. The van der Waals surface area contributed by atoms with Crippen LogP contribution in [0.4, 0.5) is 0 Å². The molecule has 1 aromatic carbocycles. The minimum Gasteiger partial charge on any atom is -0.380 e. The van der Waals surface area contributed by atoms with Gasteiger partial charge in [-0.25, -0.2) is 0 Å². The van der Waals surface area contributed by atoms with Gasteiger partial charge in [0.05, 0.1) is 0 Å². The van der Waals surface area contributed by atoms with Crippen molar-refractivity contribution in [3.8, 4) is 0 Å². The molecule has 3 nitrogen and oxygen atoms in total. The monoisotopic (exact) mass is 229 g/mol. The van der Waals surface area contributed by atoms with Crippen LogP contribution < -0.4 is 5.32 Å². The zero-order valence-corrected chi connectivity index (χ0v) is 10.2. The molecule has 0 aliphatic heterocycles. The maximum atomic E-state index is 11.7. The Hall–Kier alpha value is -1.90. The number of hydrogen-bond donors (Lipinski definition) is 1. The van der Waals surface area contributed by atoms with Crippen LogP contribution in [0.2, 0.25) is 0 Å². The lowest BCUT2D eigenvalue weighted by atomic mass is 9.91. The largest absolute Gasteiger partial charge is 0.380 e. The molecule has 0 aromatic heterocycles. The Morgan fingerprint density at radius 1 is 1.00 bits per heavy atom. The topological polar surface area (TPSA) is 46.2 Å². The van der Waals surface area contributed by atoms with Crippen molar-refractivity contribution in [1.82, 2.24) is 5.32 Å². The van der Waals surface area contributed by atoms with Crippen molar-refractivity contribution in [2.45, 2.75) is 26.3 Å². The molecule has 3 heteroatoms. The lowest BCUT2D eigenvalue weighted by Gasteiger charge is -2.27. The van der Waals surface area contributed by atoms with Gasteiger partial charge in [-0.2, -0.15) is 0 Å². The summed E-state index contributed by atoms with van der Waals surface area (Å²) >= 11 is 0. The van der Waals surface area contributed by atoms with Crippen LogP contribution in [0.3, 0.4) is 0 Å². The molecule has 0 unspecified atom stereocenters. The number of Topliss-reactive ketones (excluding diaryl/α,β-unsaturated/α-hetero) is 1. The maximum absolute atomic E-state index is 11.7. The fourth-order valence-corrected chi connectivity index (χ4v) is 1.83. The minimum atomic E-state index is -0.463. The first-order chi connectivity index (χ1) is 7.88. The highest BCUT2D eigenvalue weighted by atomic mass is 16.2. The van der Waals surface area contributed by atoms with E-state index in [4.69, 9.17) is 0 Å². The Morgan fingerprint density at radius 2 is 1.59 bits per heavy atom. The number of carbonyl (C=O) groups excluding carboxylic acids is 2. The number of nitrogens with one attached hydrogen (secondary N) is 1. The lowest BCUT2D eigenvalue weighted by Crippen LogP contribution is -2.36. The molecule has 0 atom stereocenters. The molecule has 1 aromatic rings. The van der Waals surface area contributed by atoms with E-state index < -0.39 is 11.6 Å². The molecule has 1 aliphatic carbocycles. The van der Waals surface area contributed by atoms with E-state index in [1.807, 2.05) is 32.9 Å². The zero-order valence-electron chi connectivity index (χ0n) is 10.2. The molecular formula is C14H15NO2. The van der Waals surface area contributed by atoms with Gasteiger partial charge in [0.1, 0.15) is 0 Å². The first-order valence-corrected chi connectivity index (χ1v) is 5.56. The van der Waals surface area contributed by atoms with Crippen LogP contribution in [0.25, 0.3) is 5.70 Å².